The molecule has 1 N–H and O–H groups in total. The Kier molecular flexibility index (Phi) is 5.10. The van der Waals surface area contributed by atoms with Crippen LogP contribution >= 0.6 is 11.6 Å². The first kappa shape index (κ1) is 12.8. The zero-order chi connectivity index (χ0) is 12.0. The van der Waals surface area contributed by atoms with Crippen molar-refractivity contribution in [1.82, 2.24) is 5.32 Å². The number of hydrogen-bond acceptors (Lipinski definition) is 3. The third-order valence-corrected chi connectivity index (χ3v) is 2.41. The summed E-state index contributed by atoms with van der Waals surface area (Å²) in [5, 5.41) is 12.6. The summed E-state index contributed by atoms with van der Waals surface area (Å²) in [4.78, 5) is 0. The van der Waals surface area contributed by atoms with Gasteiger partial charge in [-0.15, -0.1) is 0 Å². The van der Waals surface area contributed by atoms with Gasteiger partial charge in [0.15, 0.2) is 6.10 Å². The highest BCUT2D eigenvalue weighted by atomic mass is 35.5. The lowest BCUT2D eigenvalue weighted by molar-refractivity contribution is 0.249. The van der Waals surface area contributed by atoms with Crippen molar-refractivity contribution in [1.29, 1.82) is 5.26 Å². The van der Waals surface area contributed by atoms with Gasteiger partial charge in [0.1, 0.15) is 11.8 Å². The first-order valence-electron chi connectivity index (χ1n) is 5.20. The molecule has 0 radical (unpaired) electrons. The van der Waals surface area contributed by atoms with Gasteiger partial charge in [0.25, 0.3) is 0 Å². The SMILES string of the molecule is CCC(C#N)Oc1ccc(Cl)cc1CNC. The third kappa shape index (κ3) is 3.41. The van der Waals surface area contributed by atoms with Crippen molar-refractivity contribution in [2.75, 3.05) is 7.05 Å². The molecule has 0 spiro atoms. The van der Waals surface area contributed by atoms with Crippen molar-refractivity contribution in [3.63, 3.8) is 0 Å². The average Bonchev–Trinajstić information content (AvgIpc) is 2.29. The van der Waals surface area contributed by atoms with Gasteiger partial charge in [0.05, 0.1) is 0 Å². The van der Waals surface area contributed by atoms with E-state index in [0.29, 0.717) is 23.7 Å². The number of nitrogens with zero attached hydrogens (tertiary/aromatic N) is 1. The average molecular weight is 239 g/mol. The highest BCUT2D eigenvalue weighted by Gasteiger charge is 2.10. The minimum atomic E-state index is -0.406. The van der Waals surface area contributed by atoms with Crippen molar-refractivity contribution in [2.45, 2.75) is 26.0 Å². The van der Waals surface area contributed by atoms with E-state index in [-0.39, 0.29) is 0 Å². The van der Waals surface area contributed by atoms with Gasteiger partial charge in [0.2, 0.25) is 0 Å². The predicted molar refractivity (Wildman–Crippen MR) is 64.5 cm³/mol. The fourth-order valence-corrected chi connectivity index (χ4v) is 1.54. The van der Waals surface area contributed by atoms with Gasteiger partial charge in [-0.3, -0.25) is 0 Å². The molecule has 0 bridgehead atoms. The van der Waals surface area contributed by atoms with Crippen LogP contribution in [0.15, 0.2) is 18.2 Å². The Hall–Kier alpha value is -1.24. The van der Waals surface area contributed by atoms with Crippen LogP contribution in [0.25, 0.3) is 0 Å². The Bertz CT molecular complexity index is 387. The van der Waals surface area contributed by atoms with E-state index in [0.717, 1.165) is 5.56 Å². The maximum Gasteiger partial charge on any atom is 0.184 e. The van der Waals surface area contributed by atoms with E-state index in [1.807, 2.05) is 20.0 Å². The Labute approximate surface area is 101 Å². The topological polar surface area (TPSA) is 45.0 Å². The van der Waals surface area contributed by atoms with Crippen molar-refractivity contribution in [3.8, 4) is 11.8 Å². The Balaban J connectivity index is 2.90. The molecule has 0 aliphatic rings. The summed E-state index contributed by atoms with van der Waals surface area (Å²) in [6, 6.07) is 7.52. The predicted octanol–water partition coefficient (Wildman–Crippen LogP) is 2.74. The van der Waals surface area contributed by atoms with Crippen LogP contribution in [0, 0.1) is 11.3 Å². The molecule has 0 heterocycles. The Morgan fingerprint density at radius 1 is 1.56 bits per heavy atom. The zero-order valence-corrected chi connectivity index (χ0v) is 10.2. The normalized spacial score (nSPS) is 11.9. The molecular formula is C12H15ClN2O. The number of nitrogens with one attached hydrogen (secondary N) is 1. The molecule has 0 amide bonds. The maximum atomic E-state index is 8.85. The fraction of sp³-hybridized carbons (Fsp3) is 0.417. The van der Waals surface area contributed by atoms with E-state index >= 15 is 0 Å². The minimum Gasteiger partial charge on any atom is -0.475 e. The van der Waals surface area contributed by atoms with Crippen LogP contribution in [0.5, 0.6) is 5.75 Å². The second kappa shape index (κ2) is 6.37. The van der Waals surface area contributed by atoms with Gasteiger partial charge in [-0.1, -0.05) is 18.5 Å². The molecule has 3 nitrogen and oxygen atoms in total. The number of nitriles is 1. The summed E-state index contributed by atoms with van der Waals surface area (Å²) in [5.74, 6) is 0.715. The minimum absolute atomic E-state index is 0.406. The van der Waals surface area contributed by atoms with Gasteiger partial charge in [-0.25, -0.2) is 0 Å². The lowest BCUT2D eigenvalue weighted by Gasteiger charge is -2.14. The summed E-state index contributed by atoms with van der Waals surface area (Å²) < 4.78 is 5.59. The van der Waals surface area contributed by atoms with Crippen LogP contribution in [0.4, 0.5) is 0 Å². The molecule has 1 unspecified atom stereocenters. The number of ether oxygens (including phenoxy) is 1. The molecule has 0 aromatic heterocycles. The molecule has 0 saturated heterocycles. The molecule has 16 heavy (non-hydrogen) atoms. The largest absolute Gasteiger partial charge is 0.475 e. The molecule has 1 rings (SSSR count). The van der Waals surface area contributed by atoms with Crippen molar-refractivity contribution in [2.24, 2.45) is 0 Å². The molecule has 0 saturated carbocycles. The summed E-state index contributed by atoms with van der Waals surface area (Å²) in [6.07, 6.45) is 0.259. The lowest BCUT2D eigenvalue weighted by Crippen LogP contribution is -2.15. The van der Waals surface area contributed by atoms with E-state index in [2.05, 4.69) is 11.4 Å². The van der Waals surface area contributed by atoms with E-state index in [4.69, 9.17) is 21.6 Å². The summed E-state index contributed by atoms with van der Waals surface area (Å²) in [5.41, 5.74) is 0.962. The first-order chi connectivity index (χ1) is 7.71. The molecule has 0 aliphatic heterocycles. The molecule has 1 aromatic carbocycles. The number of halogens is 1. The van der Waals surface area contributed by atoms with Crippen molar-refractivity contribution in [3.05, 3.63) is 28.8 Å². The Morgan fingerprint density at radius 3 is 2.88 bits per heavy atom. The van der Waals surface area contributed by atoms with Crippen molar-refractivity contribution < 1.29 is 4.74 Å². The lowest BCUT2D eigenvalue weighted by atomic mass is 10.2. The van der Waals surface area contributed by atoms with Crippen LogP contribution in [0.2, 0.25) is 5.02 Å². The highest BCUT2D eigenvalue weighted by molar-refractivity contribution is 6.30. The van der Waals surface area contributed by atoms with Crippen LogP contribution in [0.1, 0.15) is 18.9 Å². The summed E-state index contributed by atoms with van der Waals surface area (Å²) in [7, 11) is 1.85. The van der Waals surface area contributed by atoms with E-state index < -0.39 is 6.10 Å². The van der Waals surface area contributed by atoms with Crippen LogP contribution in [0.3, 0.4) is 0 Å². The van der Waals surface area contributed by atoms with Gasteiger partial charge in [0, 0.05) is 17.1 Å². The molecular weight excluding hydrogens is 224 g/mol. The second-order valence-electron chi connectivity index (χ2n) is 3.43. The van der Waals surface area contributed by atoms with Crippen LogP contribution in [-0.2, 0) is 6.54 Å². The summed E-state index contributed by atoms with van der Waals surface area (Å²) in [6.45, 7) is 2.58. The van der Waals surface area contributed by atoms with Crippen molar-refractivity contribution >= 4 is 11.6 Å². The van der Waals surface area contributed by atoms with Gasteiger partial charge >= 0.3 is 0 Å². The second-order valence-corrected chi connectivity index (χ2v) is 3.86. The van der Waals surface area contributed by atoms with Crippen LogP contribution in [-0.4, -0.2) is 13.2 Å². The van der Waals surface area contributed by atoms with Gasteiger partial charge in [-0.2, -0.15) is 5.26 Å². The zero-order valence-electron chi connectivity index (χ0n) is 9.46. The third-order valence-electron chi connectivity index (χ3n) is 2.17. The quantitative estimate of drug-likeness (QED) is 0.858. The standard InChI is InChI=1S/C12H15ClN2O/c1-3-11(7-14)16-12-5-4-10(13)6-9(12)8-15-2/h4-6,11,15H,3,8H2,1-2H3. The molecule has 0 fully saturated rings. The number of benzene rings is 1. The van der Waals surface area contributed by atoms with E-state index in [1.165, 1.54) is 0 Å². The first-order valence-corrected chi connectivity index (χ1v) is 5.58. The monoisotopic (exact) mass is 238 g/mol. The molecule has 1 aromatic rings. The van der Waals surface area contributed by atoms with E-state index in [9.17, 15) is 0 Å². The number of rotatable bonds is 5. The smallest absolute Gasteiger partial charge is 0.184 e. The number of hydrogen-bond donors (Lipinski definition) is 1. The molecule has 86 valence electrons. The maximum absolute atomic E-state index is 8.85. The Morgan fingerprint density at radius 2 is 2.31 bits per heavy atom. The van der Waals surface area contributed by atoms with E-state index in [1.54, 1.807) is 12.1 Å². The molecule has 4 heteroatoms. The van der Waals surface area contributed by atoms with Gasteiger partial charge < -0.3 is 10.1 Å². The highest BCUT2D eigenvalue weighted by Crippen LogP contribution is 2.24. The van der Waals surface area contributed by atoms with Gasteiger partial charge in [-0.05, 0) is 31.7 Å². The summed E-state index contributed by atoms with van der Waals surface area (Å²) >= 11 is 5.91. The molecule has 0 aliphatic carbocycles. The molecule has 1 atom stereocenters. The van der Waals surface area contributed by atoms with Crippen LogP contribution < -0.4 is 10.1 Å². The fourth-order valence-electron chi connectivity index (χ4n) is 1.35.